The number of rotatable bonds is 0. The van der Waals surface area contributed by atoms with E-state index in [1.54, 1.807) is 0 Å². The standard InChI is InChI=1S/C10H8O.3Y/c1-7-3-4-10-9(5-7)6-8(2)11-10;;;/h3-4H,1-2H3;;;/q-2;;;. The van der Waals surface area contributed by atoms with Crippen molar-refractivity contribution in [3.05, 3.63) is 35.6 Å². The molecular formula is C10H8OY3-2. The molecule has 0 atom stereocenters. The van der Waals surface area contributed by atoms with Crippen LogP contribution in [0.15, 0.2) is 16.5 Å². The average Bonchev–Trinajstić information content (AvgIpc) is 2.27. The Bertz CT molecular complexity index is 395. The van der Waals surface area contributed by atoms with Gasteiger partial charge in [0.05, 0.1) is 0 Å². The third-order valence-corrected chi connectivity index (χ3v) is 1.62. The van der Waals surface area contributed by atoms with E-state index in [2.05, 4.69) is 12.1 Å². The largest absolute Gasteiger partial charge is 0.569 e. The van der Waals surface area contributed by atoms with Crippen molar-refractivity contribution in [2.24, 2.45) is 0 Å². The second-order valence-corrected chi connectivity index (χ2v) is 2.66. The molecule has 0 saturated carbocycles. The molecule has 0 aliphatic carbocycles. The molecule has 0 spiro atoms. The van der Waals surface area contributed by atoms with Gasteiger partial charge in [0.15, 0.2) is 0 Å². The molecule has 14 heavy (non-hydrogen) atoms. The first-order valence-electron chi connectivity index (χ1n) is 3.57. The molecule has 0 N–H and O–H groups in total. The Morgan fingerprint density at radius 2 is 1.64 bits per heavy atom. The second kappa shape index (κ2) is 8.20. The Morgan fingerprint density at radius 3 is 2.29 bits per heavy atom. The Hall–Kier alpha value is 2.07. The minimum absolute atomic E-state index is 0. The van der Waals surface area contributed by atoms with Gasteiger partial charge in [-0.05, 0) is 12.7 Å². The van der Waals surface area contributed by atoms with Crippen molar-refractivity contribution in [2.45, 2.75) is 13.8 Å². The molecular weight excluding hydrogens is 403 g/mol. The van der Waals surface area contributed by atoms with Gasteiger partial charge < -0.3 is 4.42 Å². The van der Waals surface area contributed by atoms with Crippen molar-refractivity contribution in [2.75, 3.05) is 0 Å². The van der Waals surface area contributed by atoms with E-state index >= 15 is 0 Å². The predicted molar refractivity (Wildman–Crippen MR) is 43.4 cm³/mol. The van der Waals surface area contributed by atoms with E-state index in [0.29, 0.717) is 0 Å². The Kier molecular flexibility index (Phi) is 10.8. The predicted octanol–water partition coefficient (Wildman–Crippen LogP) is 2.64. The van der Waals surface area contributed by atoms with Gasteiger partial charge in [-0.15, -0.1) is 0 Å². The Labute approximate surface area is 160 Å². The van der Waals surface area contributed by atoms with E-state index in [1.165, 1.54) is 0 Å². The third kappa shape index (κ3) is 4.52. The van der Waals surface area contributed by atoms with Gasteiger partial charge in [-0.3, -0.25) is 6.07 Å². The summed E-state index contributed by atoms with van der Waals surface area (Å²) in [5, 5.41) is 0.947. The maximum Gasteiger partial charge on any atom is 0 e. The number of fused-ring (bicyclic) bond motifs is 1. The summed E-state index contributed by atoms with van der Waals surface area (Å²) in [6.45, 7) is 3.90. The van der Waals surface area contributed by atoms with Crippen LogP contribution in [0.1, 0.15) is 11.3 Å². The van der Waals surface area contributed by atoms with Crippen LogP contribution < -0.4 is 0 Å². The van der Waals surface area contributed by atoms with Crippen molar-refractivity contribution in [1.29, 1.82) is 0 Å². The van der Waals surface area contributed by atoms with E-state index in [0.717, 1.165) is 22.3 Å². The van der Waals surface area contributed by atoms with Gasteiger partial charge in [-0.25, -0.2) is 23.1 Å². The maximum atomic E-state index is 5.34. The van der Waals surface area contributed by atoms with Crippen LogP contribution in [0, 0.1) is 26.0 Å². The summed E-state index contributed by atoms with van der Waals surface area (Å²) >= 11 is 0. The Balaban J connectivity index is 0. The first-order valence-corrected chi connectivity index (χ1v) is 3.57. The normalized spacial score (nSPS) is 8.43. The summed E-state index contributed by atoms with van der Waals surface area (Å²) < 4.78 is 5.34. The monoisotopic (exact) mass is 411 g/mol. The molecule has 0 aliphatic heterocycles. The topological polar surface area (TPSA) is 13.1 Å². The fourth-order valence-electron chi connectivity index (χ4n) is 1.13. The molecule has 65 valence electrons. The Morgan fingerprint density at radius 1 is 1.00 bits per heavy atom. The van der Waals surface area contributed by atoms with Crippen LogP contribution in [0.4, 0.5) is 0 Å². The van der Waals surface area contributed by atoms with Crippen LogP contribution in [-0.2, 0) is 98.1 Å². The molecule has 1 nitrogen and oxygen atoms in total. The van der Waals surface area contributed by atoms with Crippen LogP contribution >= 0.6 is 0 Å². The minimum atomic E-state index is 0. The van der Waals surface area contributed by atoms with Crippen LogP contribution in [-0.4, -0.2) is 0 Å². The van der Waals surface area contributed by atoms with E-state index in [-0.39, 0.29) is 98.1 Å². The number of furan rings is 1. The number of aryl methyl sites for hydroxylation is 2. The molecule has 0 aliphatic rings. The molecule has 0 fully saturated rings. The zero-order valence-electron chi connectivity index (χ0n) is 8.29. The first-order chi connectivity index (χ1) is 5.25. The van der Waals surface area contributed by atoms with Gasteiger partial charge >= 0.3 is 0 Å². The maximum absolute atomic E-state index is 5.34. The average molecular weight is 411 g/mol. The molecule has 4 heteroatoms. The van der Waals surface area contributed by atoms with Crippen molar-refractivity contribution in [3.8, 4) is 0 Å². The summed E-state index contributed by atoms with van der Waals surface area (Å²) in [5.74, 6) is 0.821. The van der Waals surface area contributed by atoms with Crippen molar-refractivity contribution in [1.82, 2.24) is 0 Å². The zero-order valence-corrected chi connectivity index (χ0v) is 16.8. The third-order valence-electron chi connectivity index (χ3n) is 1.62. The van der Waals surface area contributed by atoms with Crippen molar-refractivity contribution >= 4 is 11.0 Å². The molecule has 0 unspecified atom stereocenters. The van der Waals surface area contributed by atoms with E-state index < -0.39 is 0 Å². The second-order valence-electron chi connectivity index (χ2n) is 2.66. The van der Waals surface area contributed by atoms with Gasteiger partial charge in [0.25, 0.3) is 0 Å². The molecule has 1 aromatic carbocycles. The van der Waals surface area contributed by atoms with Crippen molar-refractivity contribution in [3.63, 3.8) is 0 Å². The van der Waals surface area contributed by atoms with Crippen LogP contribution in [0.2, 0.25) is 0 Å². The molecule has 0 saturated heterocycles. The smallest absolute Gasteiger partial charge is 0 e. The SMILES string of the molecule is Cc1[c-]c2[c-]c(C)oc2cc1.[Y].[Y].[Y]. The number of hydrogen-bond acceptors (Lipinski definition) is 1. The zero-order chi connectivity index (χ0) is 7.84. The van der Waals surface area contributed by atoms with Crippen molar-refractivity contribution < 1.29 is 103 Å². The van der Waals surface area contributed by atoms with Gasteiger partial charge in [0, 0.05) is 98.1 Å². The summed E-state index contributed by atoms with van der Waals surface area (Å²) in [6.07, 6.45) is 0. The molecule has 1 heterocycles. The van der Waals surface area contributed by atoms with Gasteiger partial charge in [-0.2, -0.15) is 6.07 Å². The van der Waals surface area contributed by atoms with Crippen LogP contribution in [0.5, 0.6) is 0 Å². The molecule has 0 bridgehead atoms. The summed E-state index contributed by atoms with van der Waals surface area (Å²) in [5.41, 5.74) is 1.99. The van der Waals surface area contributed by atoms with Crippen LogP contribution in [0.3, 0.4) is 0 Å². The fourth-order valence-corrected chi connectivity index (χ4v) is 1.13. The van der Waals surface area contributed by atoms with E-state index in [1.807, 2.05) is 26.0 Å². The van der Waals surface area contributed by atoms with Gasteiger partial charge in [-0.1, -0.05) is 12.5 Å². The number of benzene rings is 1. The molecule has 2 rings (SSSR count). The van der Waals surface area contributed by atoms with Gasteiger partial charge in [0.2, 0.25) is 0 Å². The molecule has 1 aromatic heterocycles. The molecule has 3 radical (unpaired) electrons. The molecule has 2 aromatic rings. The summed E-state index contributed by atoms with van der Waals surface area (Å²) in [4.78, 5) is 0. The first kappa shape index (κ1) is 18.4. The van der Waals surface area contributed by atoms with E-state index in [9.17, 15) is 0 Å². The fraction of sp³-hybridized carbons (Fsp3) is 0.200. The van der Waals surface area contributed by atoms with Crippen LogP contribution in [0.25, 0.3) is 11.0 Å². The molecule has 0 amide bonds. The minimum Gasteiger partial charge on any atom is -0.569 e. The number of hydrogen-bond donors (Lipinski definition) is 0. The summed E-state index contributed by atoms with van der Waals surface area (Å²) in [6, 6.07) is 10.2. The van der Waals surface area contributed by atoms with E-state index in [4.69, 9.17) is 4.42 Å². The quantitative estimate of drug-likeness (QED) is 0.609. The van der Waals surface area contributed by atoms with Gasteiger partial charge in [0.1, 0.15) is 0 Å². The summed E-state index contributed by atoms with van der Waals surface area (Å²) in [7, 11) is 0.